The molecule has 0 aliphatic rings. The Balaban J connectivity index is 2.85. The van der Waals surface area contributed by atoms with Gasteiger partial charge in [0.25, 0.3) is 5.91 Å². The van der Waals surface area contributed by atoms with Gasteiger partial charge in [-0.2, -0.15) is 0 Å². The van der Waals surface area contributed by atoms with E-state index >= 15 is 0 Å². The van der Waals surface area contributed by atoms with Crippen LogP contribution in [0.3, 0.4) is 0 Å². The molecule has 0 aromatic heterocycles. The van der Waals surface area contributed by atoms with Crippen molar-refractivity contribution in [2.75, 3.05) is 13.7 Å². The van der Waals surface area contributed by atoms with E-state index in [1.165, 1.54) is 13.2 Å². The van der Waals surface area contributed by atoms with E-state index in [-0.39, 0.29) is 12.5 Å². The van der Waals surface area contributed by atoms with Crippen molar-refractivity contribution in [3.05, 3.63) is 28.8 Å². The van der Waals surface area contributed by atoms with Crippen LogP contribution < -0.4 is 10.1 Å². The lowest BCUT2D eigenvalue weighted by atomic mass is 9.87. The lowest BCUT2D eigenvalue weighted by molar-refractivity contribution is -0.147. The highest BCUT2D eigenvalue weighted by Gasteiger charge is 2.31. The summed E-state index contributed by atoms with van der Waals surface area (Å²) in [6.45, 7) is 3.40. The van der Waals surface area contributed by atoms with E-state index in [0.717, 1.165) is 0 Å². The summed E-state index contributed by atoms with van der Waals surface area (Å²) in [6, 6.07) is 4.66. The Kier molecular flexibility index (Phi) is 5.39. The highest BCUT2D eigenvalue weighted by molar-refractivity contribution is 6.30. The van der Waals surface area contributed by atoms with Gasteiger partial charge in [-0.25, -0.2) is 0 Å². The molecular formula is C14H18ClNO4. The summed E-state index contributed by atoms with van der Waals surface area (Å²) in [5.41, 5.74) is -0.671. The Labute approximate surface area is 122 Å². The summed E-state index contributed by atoms with van der Waals surface area (Å²) < 4.78 is 5.09. The molecule has 0 radical (unpaired) electrons. The molecule has 5 nitrogen and oxygen atoms in total. The first kappa shape index (κ1) is 16.3. The average Bonchev–Trinajstić information content (AvgIpc) is 2.43. The molecule has 0 bridgehead atoms. The molecule has 1 unspecified atom stereocenters. The zero-order valence-electron chi connectivity index (χ0n) is 11.7. The zero-order chi connectivity index (χ0) is 15.3. The topological polar surface area (TPSA) is 75.6 Å². The van der Waals surface area contributed by atoms with E-state index in [2.05, 4.69) is 5.32 Å². The average molecular weight is 300 g/mol. The Bertz CT molecular complexity index is 518. The number of nitrogens with one attached hydrogen (secondary N) is 1. The third kappa shape index (κ3) is 3.63. The van der Waals surface area contributed by atoms with E-state index in [0.29, 0.717) is 22.8 Å². The molecule has 0 aliphatic heterocycles. The van der Waals surface area contributed by atoms with Gasteiger partial charge in [0.05, 0.1) is 18.1 Å². The standard InChI is InChI=1S/C14H18ClNO4/c1-4-14(2,13(18)19)8-16-12(17)10-6-5-9(15)7-11(10)20-3/h5-7H,4,8H2,1-3H3,(H,16,17)(H,18,19). The summed E-state index contributed by atoms with van der Waals surface area (Å²) in [6.07, 6.45) is 0.417. The molecule has 0 saturated carbocycles. The quantitative estimate of drug-likeness (QED) is 0.846. The maximum Gasteiger partial charge on any atom is 0.311 e. The summed E-state index contributed by atoms with van der Waals surface area (Å²) in [5.74, 6) is -0.980. The van der Waals surface area contributed by atoms with Gasteiger partial charge >= 0.3 is 5.97 Å². The number of carboxylic acids is 1. The third-order valence-corrected chi connectivity index (χ3v) is 3.58. The van der Waals surface area contributed by atoms with Crippen LogP contribution in [0.2, 0.25) is 5.02 Å². The van der Waals surface area contributed by atoms with Crippen LogP contribution in [-0.2, 0) is 4.79 Å². The maximum absolute atomic E-state index is 12.1. The lowest BCUT2D eigenvalue weighted by Gasteiger charge is -2.23. The van der Waals surface area contributed by atoms with Crippen molar-refractivity contribution in [3.8, 4) is 5.75 Å². The van der Waals surface area contributed by atoms with Crippen LogP contribution in [0.1, 0.15) is 30.6 Å². The fourth-order valence-electron chi connectivity index (χ4n) is 1.58. The van der Waals surface area contributed by atoms with E-state index in [1.54, 1.807) is 26.0 Å². The van der Waals surface area contributed by atoms with E-state index < -0.39 is 11.4 Å². The second kappa shape index (κ2) is 6.61. The largest absolute Gasteiger partial charge is 0.496 e. The number of amides is 1. The number of halogens is 1. The third-order valence-electron chi connectivity index (χ3n) is 3.34. The van der Waals surface area contributed by atoms with Crippen molar-refractivity contribution in [2.24, 2.45) is 5.41 Å². The van der Waals surface area contributed by atoms with Crippen LogP contribution in [0.15, 0.2) is 18.2 Å². The maximum atomic E-state index is 12.1. The van der Waals surface area contributed by atoms with E-state index in [4.69, 9.17) is 21.4 Å². The van der Waals surface area contributed by atoms with Crippen molar-refractivity contribution in [1.82, 2.24) is 5.32 Å². The molecule has 1 atom stereocenters. The van der Waals surface area contributed by atoms with Gasteiger partial charge in [-0.15, -0.1) is 0 Å². The first-order valence-electron chi connectivity index (χ1n) is 6.19. The van der Waals surface area contributed by atoms with Crippen LogP contribution >= 0.6 is 11.6 Å². The number of aliphatic carboxylic acids is 1. The van der Waals surface area contributed by atoms with Crippen LogP contribution in [0, 0.1) is 5.41 Å². The Morgan fingerprint density at radius 3 is 2.60 bits per heavy atom. The number of carbonyl (C=O) groups excluding carboxylic acids is 1. The number of carbonyl (C=O) groups is 2. The molecule has 1 aromatic carbocycles. The molecule has 2 N–H and O–H groups in total. The van der Waals surface area contributed by atoms with Crippen molar-refractivity contribution >= 4 is 23.5 Å². The Hall–Kier alpha value is -1.75. The summed E-state index contributed by atoms with van der Waals surface area (Å²) in [4.78, 5) is 23.3. The summed E-state index contributed by atoms with van der Waals surface area (Å²) in [7, 11) is 1.44. The first-order chi connectivity index (χ1) is 9.34. The van der Waals surface area contributed by atoms with Crippen molar-refractivity contribution < 1.29 is 19.4 Å². The SMILES string of the molecule is CCC(C)(CNC(=O)c1ccc(Cl)cc1OC)C(=O)O. The minimum Gasteiger partial charge on any atom is -0.496 e. The Morgan fingerprint density at radius 1 is 1.45 bits per heavy atom. The summed E-state index contributed by atoms with van der Waals surface area (Å²) >= 11 is 5.82. The smallest absolute Gasteiger partial charge is 0.311 e. The molecular weight excluding hydrogens is 282 g/mol. The molecule has 0 heterocycles. The fraction of sp³-hybridized carbons (Fsp3) is 0.429. The molecule has 1 rings (SSSR count). The predicted octanol–water partition coefficient (Wildman–Crippen LogP) is 2.58. The zero-order valence-corrected chi connectivity index (χ0v) is 12.5. The van der Waals surface area contributed by atoms with Gasteiger partial charge in [0, 0.05) is 11.6 Å². The van der Waals surface area contributed by atoms with E-state index in [9.17, 15) is 9.59 Å². The van der Waals surface area contributed by atoms with Crippen LogP contribution in [0.25, 0.3) is 0 Å². The fourth-order valence-corrected chi connectivity index (χ4v) is 1.74. The highest BCUT2D eigenvalue weighted by Crippen LogP contribution is 2.24. The number of carboxylic acid groups (broad SMARTS) is 1. The molecule has 0 spiro atoms. The molecule has 0 saturated heterocycles. The van der Waals surface area contributed by atoms with Gasteiger partial charge in [-0.3, -0.25) is 9.59 Å². The van der Waals surface area contributed by atoms with Gasteiger partial charge in [0.15, 0.2) is 0 Å². The number of hydrogen-bond acceptors (Lipinski definition) is 3. The minimum atomic E-state index is -0.991. The molecule has 0 aliphatic carbocycles. The van der Waals surface area contributed by atoms with E-state index in [1.807, 2.05) is 0 Å². The number of methoxy groups -OCH3 is 1. The molecule has 1 aromatic rings. The molecule has 20 heavy (non-hydrogen) atoms. The highest BCUT2D eigenvalue weighted by atomic mass is 35.5. The van der Waals surface area contributed by atoms with Crippen LogP contribution in [0.5, 0.6) is 5.75 Å². The lowest BCUT2D eigenvalue weighted by Crippen LogP contribution is -2.40. The number of ether oxygens (including phenoxy) is 1. The van der Waals surface area contributed by atoms with Crippen molar-refractivity contribution in [3.63, 3.8) is 0 Å². The Morgan fingerprint density at radius 2 is 2.10 bits per heavy atom. The number of rotatable bonds is 6. The molecule has 6 heteroatoms. The van der Waals surface area contributed by atoms with Crippen LogP contribution in [-0.4, -0.2) is 30.6 Å². The summed E-state index contributed by atoms with van der Waals surface area (Å²) in [5, 5.41) is 12.2. The van der Waals surface area contributed by atoms with Gasteiger partial charge in [0.2, 0.25) is 0 Å². The van der Waals surface area contributed by atoms with Gasteiger partial charge in [-0.05, 0) is 31.5 Å². The monoisotopic (exact) mass is 299 g/mol. The molecule has 1 amide bonds. The second-order valence-electron chi connectivity index (χ2n) is 4.75. The van der Waals surface area contributed by atoms with Gasteiger partial charge < -0.3 is 15.2 Å². The minimum absolute atomic E-state index is 0.0451. The van der Waals surface area contributed by atoms with Crippen LogP contribution in [0.4, 0.5) is 0 Å². The number of benzene rings is 1. The predicted molar refractivity (Wildman–Crippen MR) is 76.4 cm³/mol. The number of hydrogen-bond donors (Lipinski definition) is 2. The second-order valence-corrected chi connectivity index (χ2v) is 5.18. The van der Waals surface area contributed by atoms with Gasteiger partial charge in [0.1, 0.15) is 5.75 Å². The first-order valence-corrected chi connectivity index (χ1v) is 6.57. The van der Waals surface area contributed by atoms with Gasteiger partial charge in [-0.1, -0.05) is 18.5 Å². The van der Waals surface area contributed by atoms with Crippen molar-refractivity contribution in [1.29, 1.82) is 0 Å². The molecule has 0 fully saturated rings. The molecule has 110 valence electrons. The normalized spacial score (nSPS) is 13.4. The van der Waals surface area contributed by atoms with Crippen molar-refractivity contribution in [2.45, 2.75) is 20.3 Å².